The molecule has 3 N–H and O–H groups in total. The summed E-state index contributed by atoms with van der Waals surface area (Å²) in [5.74, 6) is -1.13. The molecule has 3 aromatic heterocycles. The Balaban J connectivity index is 1.86. The molecule has 2 atom stereocenters. The predicted molar refractivity (Wildman–Crippen MR) is 97.7 cm³/mol. The number of hydrogen-bond acceptors (Lipinski definition) is 4. The summed E-state index contributed by atoms with van der Waals surface area (Å²) in [5, 5.41) is 7.35. The van der Waals surface area contributed by atoms with E-state index in [2.05, 4.69) is 15.4 Å². The lowest BCUT2D eigenvalue weighted by atomic mass is 10.0. The zero-order chi connectivity index (χ0) is 19.2. The summed E-state index contributed by atoms with van der Waals surface area (Å²) >= 11 is 0. The molecule has 27 heavy (non-hydrogen) atoms. The van der Waals surface area contributed by atoms with E-state index in [-0.39, 0.29) is 5.56 Å². The van der Waals surface area contributed by atoms with Crippen LogP contribution in [0.5, 0.6) is 0 Å². The van der Waals surface area contributed by atoms with Gasteiger partial charge < -0.3 is 11.1 Å². The molecular weight excluding hydrogens is 352 g/mol. The number of carbonyl (C=O) groups is 1. The fraction of sp³-hybridized carbons (Fsp3) is 0.316. The first-order valence-corrected chi connectivity index (χ1v) is 8.73. The molecule has 1 saturated carbocycles. The van der Waals surface area contributed by atoms with Crippen LogP contribution in [0, 0.1) is 5.82 Å². The minimum absolute atomic E-state index is 0.171. The largest absolute Gasteiger partial charge is 0.377 e. The number of aromatic nitrogens is 3. The van der Waals surface area contributed by atoms with E-state index in [4.69, 9.17) is 5.73 Å². The molecule has 1 amide bonds. The first-order valence-electron chi connectivity index (χ1n) is 8.73. The number of nitrogens with one attached hydrogen (secondary N) is 1. The number of hydrogen-bond donors (Lipinski definition) is 2. The molecule has 1 fully saturated rings. The molecule has 0 aromatic carbocycles. The molecule has 1 aliphatic rings. The second-order valence-corrected chi connectivity index (χ2v) is 7.08. The number of nitrogens with two attached hydrogens (primary N) is 1. The van der Waals surface area contributed by atoms with Crippen molar-refractivity contribution in [3.05, 3.63) is 48.3 Å². The van der Waals surface area contributed by atoms with Crippen molar-refractivity contribution >= 4 is 17.1 Å². The Bertz CT molecular complexity index is 1030. The van der Waals surface area contributed by atoms with Crippen molar-refractivity contribution in [3.8, 4) is 11.1 Å². The number of nitrogens with zero attached hydrogens (tertiary/aromatic N) is 3. The highest BCUT2D eigenvalue weighted by Crippen LogP contribution is 2.37. The van der Waals surface area contributed by atoms with Crippen LogP contribution < -0.4 is 11.1 Å². The third-order valence-electron chi connectivity index (χ3n) is 5.19. The zero-order valence-corrected chi connectivity index (χ0v) is 14.7. The SMILES string of the molecule is CC1(F)CCCC1Nc1c(C(N)=O)cnn2cc(-c3ccncc3F)cc12. The van der Waals surface area contributed by atoms with Gasteiger partial charge in [-0.15, -0.1) is 0 Å². The second-order valence-electron chi connectivity index (χ2n) is 7.08. The average molecular weight is 371 g/mol. The van der Waals surface area contributed by atoms with Gasteiger partial charge in [-0.3, -0.25) is 9.78 Å². The van der Waals surface area contributed by atoms with E-state index in [1.165, 1.54) is 16.9 Å². The minimum Gasteiger partial charge on any atom is -0.377 e. The molecule has 8 heteroatoms. The first-order chi connectivity index (χ1) is 12.9. The third kappa shape index (κ3) is 3.01. The Morgan fingerprint density at radius 2 is 2.26 bits per heavy atom. The van der Waals surface area contributed by atoms with E-state index in [1.807, 2.05) is 0 Å². The molecule has 0 aliphatic heterocycles. The number of rotatable bonds is 4. The van der Waals surface area contributed by atoms with E-state index in [0.717, 1.165) is 12.6 Å². The van der Waals surface area contributed by atoms with E-state index < -0.39 is 23.4 Å². The summed E-state index contributed by atoms with van der Waals surface area (Å²) in [5.41, 5.74) is 6.15. The van der Waals surface area contributed by atoms with Gasteiger partial charge in [-0.1, -0.05) is 0 Å². The molecule has 3 aromatic rings. The first kappa shape index (κ1) is 17.4. The molecule has 140 valence electrons. The molecule has 0 spiro atoms. The van der Waals surface area contributed by atoms with Gasteiger partial charge in [0.2, 0.25) is 0 Å². The zero-order valence-electron chi connectivity index (χ0n) is 14.7. The predicted octanol–water partition coefficient (Wildman–Crippen LogP) is 3.33. The molecule has 1 aliphatic carbocycles. The maximum absolute atomic E-state index is 14.8. The van der Waals surface area contributed by atoms with Crippen molar-refractivity contribution in [2.75, 3.05) is 5.32 Å². The summed E-state index contributed by atoms with van der Waals surface area (Å²) < 4.78 is 30.4. The highest BCUT2D eigenvalue weighted by atomic mass is 19.1. The third-order valence-corrected chi connectivity index (χ3v) is 5.19. The van der Waals surface area contributed by atoms with Crippen LogP contribution in [0.1, 0.15) is 36.5 Å². The number of primary amides is 1. The number of halogens is 2. The number of alkyl halides is 1. The van der Waals surface area contributed by atoms with Crippen LogP contribution in [-0.2, 0) is 0 Å². The van der Waals surface area contributed by atoms with Gasteiger partial charge in [0.15, 0.2) is 0 Å². The van der Waals surface area contributed by atoms with Gasteiger partial charge in [-0.25, -0.2) is 13.3 Å². The summed E-state index contributed by atoms with van der Waals surface area (Å²) in [7, 11) is 0. The summed E-state index contributed by atoms with van der Waals surface area (Å²) in [6.45, 7) is 1.55. The summed E-state index contributed by atoms with van der Waals surface area (Å²) in [6.07, 6.45) is 7.47. The van der Waals surface area contributed by atoms with Crippen LogP contribution in [0.15, 0.2) is 36.9 Å². The molecule has 2 unspecified atom stereocenters. The molecule has 0 saturated heterocycles. The number of fused-ring (bicyclic) bond motifs is 1. The van der Waals surface area contributed by atoms with Crippen LogP contribution in [0.3, 0.4) is 0 Å². The number of carbonyl (C=O) groups excluding carboxylic acids is 1. The highest BCUT2D eigenvalue weighted by molar-refractivity contribution is 6.02. The lowest BCUT2D eigenvalue weighted by Gasteiger charge is -2.26. The van der Waals surface area contributed by atoms with Crippen LogP contribution in [-0.4, -0.2) is 32.2 Å². The Labute approximate surface area is 154 Å². The molecular formula is C19H19F2N5O. The molecule has 3 heterocycles. The van der Waals surface area contributed by atoms with Gasteiger partial charge in [0.05, 0.1) is 35.2 Å². The van der Waals surface area contributed by atoms with Gasteiger partial charge >= 0.3 is 0 Å². The fourth-order valence-electron chi connectivity index (χ4n) is 3.68. The number of anilines is 1. The van der Waals surface area contributed by atoms with Crippen molar-refractivity contribution in [2.24, 2.45) is 5.73 Å². The highest BCUT2D eigenvalue weighted by Gasteiger charge is 2.39. The van der Waals surface area contributed by atoms with Crippen molar-refractivity contribution in [2.45, 2.75) is 37.9 Å². The Kier molecular flexibility index (Phi) is 4.05. The van der Waals surface area contributed by atoms with Crippen molar-refractivity contribution < 1.29 is 13.6 Å². The smallest absolute Gasteiger partial charge is 0.252 e. The molecule has 4 rings (SSSR count). The van der Waals surface area contributed by atoms with Crippen LogP contribution in [0.25, 0.3) is 16.6 Å². The lowest BCUT2D eigenvalue weighted by molar-refractivity contribution is 0.1000. The van der Waals surface area contributed by atoms with Crippen LogP contribution >= 0.6 is 0 Å². The molecule has 0 radical (unpaired) electrons. The fourth-order valence-corrected chi connectivity index (χ4v) is 3.68. The van der Waals surface area contributed by atoms with Gasteiger partial charge in [0.25, 0.3) is 5.91 Å². The van der Waals surface area contributed by atoms with Gasteiger partial charge in [0, 0.05) is 23.5 Å². The minimum atomic E-state index is -1.39. The lowest BCUT2D eigenvalue weighted by Crippen LogP contribution is -2.36. The van der Waals surface area contributed by atoms with Crippen molar-refractivity contribution in [1.29, 1.82) is 0 Å². The molecule has 6 nitrogen and oxygen atoms in total. The van der Waals surface area contributed by atoms with Crippen molar-refractivity contribution in [1.82, 2.24) is 14.6 Å². The summed E-state index contributed by atoms with van der Waals surface area (Å²) in [4.78, 5) is 15.7. The molecule has 0 bridgehead atoms. The van der Waals surface area contributed by atoms with E-state index in [0.29, 0.717) is 35.2 Å². The van der Waals surface area contributed by atoms with Crippen molar-refractivity contribution in [3.63, 3.8) is 0 Å². The van der Waals surface area contributed by atoms with E-state index >= 15 is 0 Å². The Hall–Kier alpha value is -3.03. The van der Waals surface area contributed by atoms with Gasteiger partial charge in [-0.2, -0.15) is 5.10 Å². The Morgan fingerprint density at radius 1 is 1.44 bits per heavy atom. The number of pyridine rings is 1. The van der Waals surface area contributed by atoms with Crippen LogP contribution in [0.4, 0.5) is 14.5 Å². The summed E-state index contributed by atoms with van der Waals surface area (Å²) in [6, 6.07) is 2.81. The van der Waals surface area contributed by atoms with Crippen LogP contribution in [0.2, 0.25) is 0 Å². The standard InChI is InChI=1S/C19H19F2N5O/c1-19(21)5-2-3-16(19)25-17-13(18(22)27)8-24-26-10-11(7-15(17)26)12-4-6-23-9-14(12)20/h4,6-10,16,25H,2-3,5H2,1H3,(H2,22,27). The normalized spacial score (nSPS) is 22.3. The number of amides is 1. The van der Waals surface area contributed by atoms with E-state index in [1.54, 1.807) is 25.3 Å². The van der Waals surface area contributed by atoms with Gasteiger partial charge in [0.1, 0.15) is 11.5 Å². The maximum atomic E-state index is 14.8. The maximum Gasteiger partial charge on any atom is 0.252 e. The topological polar surface area (TPSA) is 85.3 Å². The second kappa shape index (κ2) is 6.29. The quantitative estimate of drug-likeness (QED) is 0.737. The Morgan fingerprint density at radius 3 is 2.93 bits per heavy atom. The monoisotopic (exact) mass is 371 g/mol. The van der Waals surface area contributed by atoms with E-state index in [9.17, 15) is 13.6 Å². The average Bonchev–Trinajstić information content (AvgIpc) is 3.18. The van der Waals surface area contributed by atoms with Gasteiger partial charge in [-0.05, 0) is 38.3 Å².